The molecular formula is C16H25N5. The first-order valence-electron chi connectivity index (χ1n) is 8.04. The Bertz CT molecular complexity index is 499. The predicted molar refractivity (Wildman–Crippen MR) is 84.8 cm³/mol. The molecule has 3 heterocycles. The number of piperazine rings is 1. The largest absolute Gasteiger partial charge is 0.354 e. The van der Waals surface area contributed by atoms with E-state index in [1.807, 2.05) is 0 Å². The lowest BCUT2D eigenvalue weighted by molar-refractivity contribution is 0.387. The second-order valence-corrected chi connectivity index (χ2v) is 6.43. The van der Waals surface area contributed by atoms with Gasteiger partial charge in [-0.15, -0.1) is 0 Å². The van der Waals surface area contributed by atoms with E-state index in [0.29, 0.717) is 6.04 Å². The van der Waals surface area contributed by atoms with Gasteiger partial charge in [-0.05, 0) is 30.9 Å². The molecule has 5 nitrogen and oxygen atoms in total. The molecule has 2 unspecified atom stereocenters. The van der Waals surface area contributed by atoms with Crippen molar-refractivity contribution in [1.82, 2.24) is 10.3 Å². The molecule has 2 aliphatic heterocycles. The first-order chi connectivity index (χ1) is 10.2. The molecule has 21 heavy (non-hydrogen) atoms. The van der Waals surface area contributed by atoms with Crippen molar-refractivity contribution in [3.8, 4) is 0 Å². The SMILES string of the molecule is CC(C)CC1CN(c2cccc(C3CCN=N3)n2)CCN1. The topological polar surface area (TPSA) is 52.9 Å². The summed E-state index contributed by atoms with van der Waals surface area (Å²) in [6, 6.07) is 7.03. The number of pyridine rings is 1. The lowest BCUT2D eigenvalue weighted by atomic mass is 10.0. The summed E-state index contributed by atoms with van der Waals surface area (Å²) < 4.78 is 0. The molecule has 3 rings (SSSR count). The van der Waals surface area contributed by atoms with Crippen molar-refractivity contribution in [3.05, 3.63) is 23.9 Å². The summed E-state index contributed by atoms with van der Waals surface area (Å²) in [5.74, 6) is 1.81. The highest BCUT2D eigenvalue weighted by molar-refractivity contribution is 5.40. The average molecular weight is 287 g/mol. The summed E-state index contributed by atoms with van der Waals surface area (Å²) in [5.41, 5.74) is 1.06. The molecule has 0 aliphatic carbocycles. The van der Waals surface area contributed by atoms with Crippen LogP contribution in [0.1, 0.15) is 38.4 Å². The number of azo groups is 1. The number of nitrogens with zero attached hydrogens (tertiary/aromatic N) is 4. The van der Waals surface area contributed by atoms with E-state index in [4.69, 9.17) is 4.98 Å². The van der Waals surface area contributed by atoms with Gasteiger partial charge in [-0.3, -0.25) is 0 Å². The highest BCUT2D eigenvalue weighted by atomic mass is 15.2. The van der Waals surface area contributed by atoms with Crippen LogP contribution in [0.3, 0.4) is 0 Å². The van der Waals surface area contributed by atoms with Crippen LogP contribution in [-0.4, -0.2) is 37.2 Å². The zero-order chi connectivity index (χ0) is 14.7. The van der Waals surface area contributed by atoms with Crippen LogP contribution in [-0.2, 0) is 0 Å². The zero-order valence-corrected chi connectivity index (χ0v) is 13.0. The van der Waals surface area contributed by atoms with Gasteiger partial charge in [0.05, 0.1) is 12.2 Å². The first-order valence-corrected chi connectivity index (χ1v) is 8.04. The molecule has 1 saturated heterocycles. The van der Waals surface area contributed by atoms with Crippen LogP contribution in [0.4, 0.5) is 5.82 Å². The zero-order valence-electron chi connectivity index (χ0n) is 13.0. The monoisotopic (exact) mass is 287 g/mol. The van der Waals surface area contributed by atoms with Gasteiger partial charge in [0.25, 0.3) is 0 Å². The molecule has 2 aliphatic rings. The van der Waals surface area contributed by atoms with Crippen LogP contribution < -0.4 is 10.2 Å². The van der Waals surface area contributed by atoms with Gasteiger partial charge in [-0.25, -0.2) is 4.98 Å². The van der Waals surface area contributed by atoms with Gasteiger partial charge >= 0.3 is 0 Å². The second-order valence-electron chi connectivity index (χ2n) is 6.43. The lowest BCUT2D eigenvalue weighted by Gasteiger charge is -2.35. The summed E-state index contributed by atoms with van der Waals surface area (Å²) in [6.45, 7) is 8.50. The summed E-state index contributed by atoms with van der Waals surface area (Å²) in [4.78, 5) is 7.24. The number of nitrogens with one attached hydrogen (secondary N) is 1. The number of anilines is 1. The Morgan fingerprint density at radius 2 is 2.29 bits per heavy atom. The Morgan fingerprint density at radius 1 is 1.38 bits per heavy atom. The fraction of sp³-hybridized carbons (Fsp3) is 0.688. The van der Waals surface area contributed by atoms with Crippen molar-refractivity contribution in [1.29, 1.82) is 0 Å². The Labute approximate surface area is 126 Å². The average Bonchev–Trinajstić information content (AvgIpc) is 3.01. The standard InChI is InChI=1S/C16H25N5/c1-12(2)10-13-11-21(9-8-17-13)16-5-3-4-14(19-16)15-6-7-18-20-15/h3-5,12-13,15,17H,6-11H2,1-2H3. The minimum absolute atomic E-state index is 0.166. The third-order valence-corrected chi connectivity index (χ3v) is 4.16. The van der Waals surface area contributed by atoms with Crippen molar-refractivity contribution in [2.75, 3.05) is 31.1 Å². The molecule has 1 aromatic rings. The molecule has 2 atom stereocenters. The van der Waals surface area contributed by atoms with E-state index in [1.165, 1.54) is 6.42 Å². The molecule has 0 amide bonds. The van der Waals surface area contributed by atoms with Gasteiger partial charge in [0.1, 0.15) is 11.9 Å². The fourth-order valence-electron chi connectivity index (χ4n) is 3.16. The van der Waals surface area contributed by atoms with Crippen LogP contribution in [0.2, 0.25) is 0 Å². The summed E-state index contributed by atoms with van der Waals surface area (Å²) in [5, 5.41) is 12.0. The van der Waals surface area contributed by atoms with Crippen LogP contribution in [0.15, 0.2) is 28.4 Å². The van der Waals surface area contributed by atoms with E-state index in [9.17, 15) is 0 Å². The van der Waals surface area contributed by atoms with Gasteiger partial charge in [-0.2, -0.15) is 10.2 Å². The van der Waals surface area contributed by atoms with E-state index >= 15 is 0 Å². The van der Waals surface area contributed by atoms with Crippen molar-refractivity contribution in [2.45, 2.75) is 38.8 Å². The second kappa shape index (κ2) is 6.52. The van der Waals surface area contributed by atoms with Crippen LogP contribution in [0.5, 0.6) is 0 Å². The molecule has 0 aromatic carbocycles. The summed E-state index contributed by atoms with van der Waals surface area (Å²) in [6.07, 6.45) is 2.21. The third-order valence-electron chi connectivity index (χ3n) is 4.16. The van der Waals surface area contributed by atoms with E-state index in [-0.39, 0.29) is 6.04 Å². The van der Waals surface area contributed by atoms with E-state index in [1.54, 1.807) is 0 Å². The van der Waals surface area contributed by atoms with Gasteiger partial charge in [0, 0.05) is 25.7 Å². The molecule has 1 fully saturated rings. The molecule has 1 aromatic heterocycles. The van der Waals surface area contributed by atoms with Crippen molar-refractivity contribution in [2.24, 2.45) is 16.1 Å². The van der Waals surface area contributed by atoms with Crippen molar-refractivity contribution in [3.63, 3.8) is 0 Å². The smallest absolute Gasteiger partial charge is 0.128 e. The minimum Gasteiger partial charge on any atom is -0.354 e. The van der Waals surface area contributed by atoms with E-state index in [0.717, 1.165) is 50.0 Å². The molecule has 5 heteroatoms. The van der Waals surface area contributed by atoms with Crippen molar-refractivity contribution < 1.29 is 0 Å². The van der Waals surface area contributed by atoms with Crippen molar-refractivity contribution >= 4 is 5.82 Å². The van der Waals surface area contributed by atoms with E-state index in [2.05, 4.69) is 52.5 Å². The Balaban J connectivity index is 1.70. The maximum atomic E-state index is 4.84. The van der Waals surface area contributed by atoms with Gasteiger partial charge in [0.2, 0.25) is 0 Å². The molecule has 0 radical (unpaired) electrons. The van der Waals surface area contributed by atoms with E-state index < -0.39 is 0 Å². The highest BCUT2D eigenvalue weighted by Crippen LogP contribution is 2.26. The molecular weight excluding hydrogens is 262 g/mol. The Morgan fingerprint density at radius 3 is 3.05 bits per heavy atom. The molecule has 0 spiro atoms. The maximum Gasteiger partial charge on any atom is 0.128 e. The van der Waals surface area contributed by atoms with Crippen LogP contribution in [0.25, 0.3) is 0 Å². The number of hydrogen-bond acceptors (Lipinski definition) is 5. The lowest BCUT2D eigenvalue weighted by Crippen LogP contribution is -2.51. The number of hydrogen-bond donors (Lipinski definition) is 1. The Hall–Kier alpha value is -1.49. The van der Waals surface area contributed by atoms with Crippen LogP contribution in [0, 0.1) is 5.92 Å². The summed E-state index contributed by atoms with van der Waals surface area (Å²) >= 11 is 0. The Kier molecular flexibility index (Phi) is 4.48. The van der Waals surface area contributed by atoms with Gasteiger partial charge < -0.3 is 10.2 Å². The predicted octanol–water partition coefficient (Wildman–Crippen LogP) is 2.80. The summed E-state index contributed by atoms with van der Waals surface area (Å²) in [7, 11) is 0. The van der Waals surface area contributed by atoms with Gasteiger partial charge in [0.15, 0.2) is 0 Å². The molecule has 0 saturated carbocycles. The first kappa shape index (κ1) is 14.4. The normalized spacial score (nSPS) is 25.8. The maximum absolute atomic E-state index is 4.84. The van der Waals surface area contributed by atoms with Gasteiger partial charge in [-0.1, -0.05) is 19.9 Å². The number of aromatic nitrogens is 1. The minimum atomic E-state index is 0.166. The highest BCUT2D eigenvalue weighted by Gasteiger charge is 2.22. The molecule has 114 valence electrons. The molecule has 1 N–H and O–H groups in total. The third kappa shape index (κ3) is 3.59. The fourth-order valence-corrected chi connectivity index (χ4v) is 3.16. The van der Waals surface area contributed by atoms with Crippen LogP contribution >= 0.6 is 0 Å². The molecule has 0 bridgehead atoms. The number of rotatable bonds is 4. The quantitative estimate of drug-likeness (QED) is 0.926.